The van der Waals surface area contributed by atoms with Crippen LogP contribution in [0.1, 0.15) is 28.5 Å². The summed E-state index contributed by atoms with van der Waals surface area (Å²) in [6.07, 6.45) is 0.727. The van der Waals surface area contributed by atoms with Gasteiger partial charge in [0.1, 0.15) is 5.69 Å². The lowest BCUT2D eigenvalue weighted by Gasteiger charge is -1.96. The quantitative estimate of drug-likeness (QED) is 0.788. The second-order valence-electron chi connectivity index (χ2n) is 3.69. The first-order chi connectivity index (χ1) is 7.13. The van der Waals surface area contributed by atoms with Crippen LogP contribution in [0.25, 0.3) is 10.9 Å². The Bertz CT molecular complexity index is 526. The van der Waals surface area contributed by atoms with Crippen molar-refractivity contribution in [1.82, 2.24) is 4.98 Å². The smallest absolute Gasteiger partial charge is 0.352 e. The van der Waals surface area contributed by atoms with Crippen molar-refractivity contribution in [3.8, 4) is 0 Å². The van der Waals surface area contributed by atoms with Gasteiger partial charge in [0.05, 0.1) is 0 Å². The number of hydrogen-bond acceptors (Lipinski definition) is 1. The molecule has 0 amide bonds. The third-order valence-electron chi connectivity index (χ3n) is 2.63. The number of aromatic amines is 1. The molecule has 15 heavy (non-hydrogen) atoms. The van der Waals surface area contributed by atoms with Gasteiger partial charge in [-0.15, -0.1) is 0 Å². The highest BCUT2D eigenvalue weighted by Gasteiger charge is 2.14. The van der Waals surface area contributed by atoms with Crippen LogP contribution in [-0.2, 0) is 6.42 Å². The van der Waals surface area contributed by atoms with E-state index in [4.69, 9.17) is 5.11 Å². The molecule has 0 atom stereocenters. The van der Waals surface area contributed by atoms with Crippen molar-refractivity contribution in [3.05, 3.63) is 35.0 Å². The van der Waals surface area contributed by atoms with Crippen molar-refractivity contribution in [2.75, 3.05) is 0 Å². The third kappa shape index (κ3) is 1.50. The van der Waals surface area contributed by atoms with Crippen molar-refractivity contribution < 1.29 is 9.90 Å². The molecule has 0 bridgehead atoms. The number of hydrogen-bond donors (Lipinski definition) is 2. The molecule has 1 aromatic heterocycles. The van der Waals surface area contributed by atoms with Gasteiger partial charge in [0.25, 0.3) is 0 Å². The SMILES string of the molecule is CCc1c(C(=O)O)[nH]c2cc(C)ccc12. The van der Waals surface area contributed by atoms with E-state index in [2.05, 4.69) is 4.98 Å². The highest BCUT2D eigenvalue weighted by Crippen LogP contribution is 2.23. The summed E-state index contributed by atoms with van der Waals surface area (Å²) in [7, 11) is 0. The molecule has 0 aliphatic rings. The Morgan fingerprint density at radius 1 is 1.47 bits per heavy atom. The number of carbonyl (C=O) groups is 1. The molecule has 78 valence electrons. The average molecular weight is 203 g/mol. The normalized spacial score (nSPS) is 10.8. The molecule has 0 fully saturated rings. The van der Waals surface area contributed by atoms with Gasteiger partial charge in [-0.05, 0) is 30.5 Å². The van der Waals surface area contributed by atoms with Gasteiger partial charge in [-0.1, -0.05) is 19.1 Å². The first-order valence-electron chi connectivity index (χ1n) is 4.98. The van der Waals surface area contributed by atoms with Gasteiger partial charge in [0.2, 0.25) is 0 Å². The minimum absolute atomic E-state index is 0.318. The topological polar surface area (TPSA) is 53.1 Å². The van der Waals surface area contributed by atoms with Crippen molar-refractivity contribution >= 4 is 16.9 Å². The van der Waals surface area contributed by atoms with E-state index in [0.717, 1.165) is 28.5 Å². The molecule has 0 radical (unpaired) electrons. The van der Waals surface area contributed by atoms with E-state index in [9.17, 15) is 4.79 Å². The van der Waals surface area contributed by atoms with Crippen LogP contribution in [0.3, 0.4) is 0 Å². The molecule has 2 N–H and O–H groups in total. The monoisotopic (exact) mass is 203 g/mol. The van der Waals surface area contributed by atoms with E-state index < -0.39 is 5.97 Å². The number of carboxylic acid groups (broad SMARTS) is 1. The number of carboxylic acids is 1. The molecule has 0 aliphatic heterocycles. The Morgan fingerprint density at radius 3 is 2.80 bits per heavy atom. The Kier molecular flexibility index (Phi) is 2.23. The minimum Gasteiger partial charge on any atom is -0.477 e. The summed E-state index contributed by atoms with van der Waals surface area (Å²) in [5.41, 5.74) is 3.24. The summed E-state index contributed by atoms with van der Waals surface area (Å²) in [6.45, 7) is 3.96. The first kappa shape index (κ1) is 9.77. The maximum atomic E-state index is 11.0. The van der Waals surface area contributed by atoms with E-state index in [1.807, 2.05) is 32.0 Å². The average Bonchev–Trinajstić information content (AvgIpc) is 2.55. The van der Waals surface area contributed by atoms with E-state index in [-0.39, 0.29) is 0 Å². The number of aryl methyl sites for hydroxylation is 2. The zero-order valence-corrected chi connectivity index (χ0v) is 8.79. The standard InChI is InChI=1S/C12H13NO2/c1-3-8-9-5-4-7(2)6-10(9)13-11(8)12(14)15/h4-6,13H,3H2,1-2H3,(H,14,15). The number of fused-ring (bicyclic) bond motifs is 1. The maximum absolute atomic E-state index is 11.0. The zero-order chi connectivity index (χ0) is 11.0. The van der Waals surface area contributed by atoms with Gasteiger partial charge in [0.15, 0.2) is 0 Å². The second kappa shape index (κ2) is 3.42. The molecule has 1 aromatic carbocycles. The summed E-state index contributed by atoms with van der Waals surface area (Å²) in [6, 6.07) is 5.95. The van der Waals surface area contributed by atoms with Crippen LogP contribution in [0.15, 0.2) is 18.2 Å². The molecule has 0 unspecified atom stereocenters. The summed E-state index contributed by atoms with van der Waals surface area (Å²) < 4.78 is 0. The Balaban J connectivity index is 2.78. The van der Waals surface area contributed by atoms with Crippen molar-refractivity contribution in [2.24, 2.45) is 0 Å². The van der Waals surface area contributed by atoms with Gasteiger partial charge in [-0.25, -0.2) is 4.79 Å². The molecule has 2 aromatic rings. The lowest BCUT2D eigenvalue weighted by Crippen LogP contribution is -2.00. The van der Waals surface area contributed by atoms with E-state index in [1.54, 1.807) is 0 Å². The van der Waals surface area contributed by atoms with Crippen LogP contribution in [0, 0.1) is 6.92 Å². The van der Waals surface area contributed by atoms with Crippen LogP contribution in [0.5, 0.6) is 0 Å². The molecule has 1 heterocycles. The summed E-state index contributed by atoms with van der Waals surface area (Å²) in [5.74, 6) is -0.888. The lowest BCUT2D eigenvalue weighted by molar-refractivity contribution is 0.0690. The third-order valence-corrected chi connectivity index (χ3v) is 2.63. The molecule has 3 nitrogen and oxygen atoms in total. The first-order valence-corrected chi connectivity index (χ1v) is 4.98. The number of nitrogens with one attached hydrogen (secondary N) is 1. The van der Waals surface area contributed by atoms with E-state index in [0.29, 0.717) is 5.69 Å². The summed E-state index contributed by atoms with van der Waals surface area (Å²) >= 11 is 0. The molecule has 3 heteroatoms. The van der Waals surface area contributed by atoms with Crippen molar-refractivity contribution in [2.45, 2.75) is 20.3 Å². The maximum Gasteiger partial charge on any atom is 0.352 e. The zero-order valence-electron chi connectivity index (χ0n) is 8.79. The van der Waals surface area contributed by atoms with Gasteiger partial charge in [-0.2, -0.15) is 0 Å². The molecule has 2 rings (SSSR count). The molecular formula is C12H13NO2. The van der Waals surface area contributed by atoms with Crippen LogP contribution in [0.2, 0.25) is 0 Å². The molecule has 0 aliphatic carbocycles. The number of aromatic nitrogens is 1. The van der Waals surface area contributed by atoms with Gasteiger partial charge < -0.3 is 10.1 Å². The molecular weight excluding hydrogens is 190 g/mol. The van der Waals surface area contributed by atoms with E-state index >= 15 is 0 Å². The minimum atomic E-state index is -0.888. The number of H-pyrrole nitrogens is 1. The predicted molar refractivity (Wildman–Crippen MR) is 59.4 cm³/mol. The van der Waals surface area contributed by atoms with Crippen molar-refractivity contribution in [1.29, 1.82) is 0 Å². The summed E-state index contributed by atoms with van der Waals surface area (Å²) in [4.78, 5) is 14.0. The second-order valence-corrected chi connectivity index (χ2v) is 3.69. The molecule has 0 spiro atoms. The van der Waals surface area contributed by atoms with E-state index in [1.165, 1.54) is 0 Å². The number of aromatic carboxylic acids is 1. The van der Waals surface area contributed by atoms with Crippen molar-refractivity contribution in [3.63, 3.8) is 0 Å². The predicted octanol–water partition coefficient (Wildman–Crippen LogP) is 2.74. The Hall–Kier alpha value is -1.77. The van der Waals surface area contributed by atoms with Crippen LogP contribution < -0.4 is 0 Å². The van der Waals surface area contributed by atoms with Gasteiger partial charge in [-0.3, -0.25) is 0 Å². The van der Waals surface area contributed by atoms with Crippen LogP contribution in [-0.4, -0.2) is 16.1 Å². The van der Waals surface area contributed by atoms with Crippen LogP contribution in [0.4, 0.5) is 0 Å². The van der Waals surface area contributed by atoms with Gasteiger partial charge >= 0.3 is 5.97 Å². The lowest BCUT2D eigenvalue weighted by atomic mass is 10.1. The van der Waals surface area contributed by atoms with Crippen LogP contribution >= 0.6 is 0 Å². The highest BCUT2D eigenvalue weighted by molar-refractivity contribution is 5.97. The molecule has 0 saturated heterocycles. The molecule has 0 saturated carbocycles. The fourth-order valence-electron chi connectivity index (χ4n) is 1.92. The Morgan fingerprint density at radius 2 is 2.20 bits per heavy atom. The highest BCUT2D eigenvalue weighted by atomic mass is 16.4. The summed E-state index contributed by atoms with van der Waals surface area (Å²) in [5, 5.41) is 10.1. The largest absolute Gasteiger partial charge is 0.477 e. The fraction of sp³-hybridized carbons (Fsp3) is 0.250. The number of rotatable bonds is 2. The Labute approximate surface area is 87.7 Å². The fourth-order valence-corrected chi connectivity index (χ4v) is 1.92. The number of benzene rings is 1. The van der Waals surface area contributed by atoms with Gasteiger partial charge in [0, 0.05) is 10.9 Å².